The number of imidazole rings is 1. The van der Waals surface area contributed by atoms with Crippen molar-refractivity contribution in [2.24, 2.45) is 0 Å². The zero-order valence-corrected chi connectivity index (χ0v) is 6.14. The number of rotatable bonds is 1. The van der Waals surface area contributed by atoms with Crippen LogP contribution in [0.15, 0.2) is 18.7 Å². The van der Waals surface area contributed by atoms with E-state index in [1.54, 1.807) is 16.8 Å². The van der Waals surface area contributed by atoms with Gasteiger partial charge in [0, 0.05) is 12.4 Å². The highest BCUT2D eigenvalue weighted by molar-refractivity contribution is 5.89. The molecule has 0 saturated heterocycles. The number of nitrogens with zero attached hydrogens (tertiary/aromatic N) is 3. The van der Waals surface area contributed by atoms with Gasteiger partial charge in [0.05, 0.1) is 5.56 Å². The van der Waals surface area contributed by atoms with E-state index in [0.29, 0.717) is 17.5 Å². The Kier molecular flexibility index (Phi) is 1.30. The summed E-state index contributed by atoms with van der Waals surface area (Å²) in [5, 5.41) is 0. The summed E-state index contributed by atoms with van der Waals surface area (Å²) < 4.78 is 1.64. The molecule has 5 nitrogen and oxygen atoms in total. The zero-order valence-electron chi connectivity index (χ0n) is 6.14. The maximum Gasteiger partial charge on any atom is 0.157 e. The molecular formula is C7H6N4O. The van der Waals surface area contributed by atoms with E-state index in [4.69, 9.17) is 5.73 Å². The molecule has 0 aliphatic heterocycles. The maximum absolute atomic E-state index is 10.6. The van der Waals surface area contributed by atoms with Gasteiger partial charge in [-0.15, -0.1) is 0 Å². The van der Waals surface area contributed by atoms with E-state index >= 15 is 0 Å². The Morgan fingerprint density at radius 3 is 3.08 bits per heavy atom. The molecule has 0 spiro atoms. The molecule has 2 rings (SSSR count). The number of aldehydes is 1. The first-order valence-corrected chi connectivity index (χ1v) is 3.35. The van der Waals surface area contributed by atoms with Crippen molar-refractivity contribution < 1.29 is 4.79 Å². The maximum atomic E-state index is 10.6. The summed E-state index contributed by atoms with van der Waals surface area (Å²) in [6.07, 6.45) is 5.47. The standard InChI is InChI=1S/C7H6N4O/c8-6-5(3-12)7-9-1-2-11(7)4-10-6/h1-4H,8H2. The topological polar surface area (TPSA) is 73.3 Å². The van der Waals surface area contributed by atoms with Crippen LogP contribution in [0.5, 0.6) is 0 Å². The molecule has 5 heteroatoms. The van der Waals surface area contributed by atoms with E-state index in [1.807, 2.05) is 0 Å². The van der Waals surface area contributed by atoms with Crippen LogP contribution < -0.4 is 5.73 Å². The molecule has 0 saturated carbocycles. The summed E-state index contributed by atoms with van der Waals surface area (Å²) in [5.74, 6) is 0.212. The van der Waals surface area contributed by atoms with Crippen LogP contribution in [0.3, 0.4) is 0 Å². The average Bonchev–Trinajstić information content (AvgIpc) is 2.52. The van der Waals surface area contributed by atoms with Crippen molar-refractivity contribution in [2.75, 3.05) is 5.73 Å². The molecule has 0 bridgehead atoms. The largest absolute Gasteiger partial charge is 0.383 e. The second-order valence-corrected chi connectivity index (χ2v) is 2.32. The Bertz CT molecular complexity index is 434. The van der Waals surface area contributed by atoms with Gasteiger partial charge in [-0.25, -0.2) is 9.97 Å². The lowest BCUT2D eigenvalue weighted by Gasteiger charge is -1.98. The molecular weight excluding hydrogens is 156 g/mol. The number of fused-ring (bicyclic) bond motifs is 1. The molecule has 60 valence electrons. The predicted molar refractivity (Wildman–Crippen MR) is 42.8 cm³/mol. The lowest BCUT2D eigenvalue weighted by Crippen LogP contribution is -2.00. The molecule has 2 aromatic rings. The fourth-order valence-electron chi connectivity index (χ4n) is 1.04. The minimum atomic E-state index is 0.212. The van der Waals surface area contributed by atoms with Crippen molar-refractivity contribution in [2.45, 2.75) is 0 Å². The summed E-state index contributed by atoms with van der Waals surface area (Å²) in [6, 6.07) is 0. The van der Waals surface area contributed by atoms with Gasteiger partial charge in [0.15, 0.2) is 11.9 Å². The smallest absolute Gasteiger partial charge is 0.157 e. The Balaban J connectivity index is 2.91. The average molecular weight is 162 g/mol. The van der Waals surface area contributed by atoms with E-state index in [2.05, 4.69) is 9.97 Å². The number of hydrogen-bond acceptors (Lipinski definition) is 4. The molecule has 0 atom stereocenters. The number of hydrogen-bond donors (Lipinski definition) is 1. The minimum absolute atomic E-state index is 0.212. The molecule has 12 heavy (non-hydrogen) atoms. The van der Waals surface area contributed by atoms with Crippen LogP contribution in [0, 0.1) is 0 Å². The fourth-order valence-corrected chi connectivity index (χ4v) is 1.04. The van der Waals surface area contributed by atoms with Crippen molar-refractivity contribution in [3.63, 3.8) is 0 Å². The highest BCUT2D eigenvalue weighted by atomic mass is 16.1. The van der Waals surface area contributed by atoms with Crippen molar-refractivity contribution in [3.05, 3.63) is 24.3 Å². The third-order valence-corrected chi connectivity index (χ3v) is 1.62. The predicted octanol–water partition coefficient (Wildman–Crippen LogP) is 0.124. The second kappa shape index (κ2) is 2.30. The van der Waals surface area contributed by atoms with E-state index in [-0.39, 0.29) is 5.82 Å². The van der Waals surface area contributed by atoms with Crippen LogP contribution in [0.4, 0.5) is 5.82 Å². The highest BCUT2D eigenvalue weighted by Gasteiger charge is 2.05. The van der Waals surface area contributed by atoms with Crippen molar-refractivity contribution in [1.82, 2.24) is 14.4 Å². The summed E-state index contributed by atoms with van der Waals surface area (Å²) in [4.78, 5) is 18.3. The van der Waals surface area contributed by atoms with Crippen LogP contribution in [0.2, 0.25) is 0 Å². The van der Waals surface area contributed by atoms with Gasteiger partial charge in [-0.2, -0.15) is 0 Å². The summed E-state index contributed by atoms with van der Waals surface area (Å²) >= 11 is 0. The Labute approximate surface area is 67.9 Å². The van der Waals surface area contributed by atoms with Crippen LogP contribution in [0.1, 0.15) is 10.4 Å². The van der Waals surface area contributed by atoms with Gasteiger partial charge in [0.2, 0.25) is 0 Å². The van der Waals surface area contributed by atoms with Gasteiger partial charge in [0.1, 0.15) is 12.1 Å². The molecule has 0 aliphatic carbocycles. The zero-order chi connectivity index (χ0) is 8.55. The molecule has 0 aromatic carbocycles. The highest BCUT2D eigenvalue weighted by Crippen LogP contribution is 2.10. The summed E-state index contributed by atoms with van der Waals surface area (Å²) in [6.45, 7) is 0. The number of carbonyl (C=O) groups is 1. The monoisotopic (exact) mass is 162 g/mol. The fraction of sp³-hybridized carbons (Fsp3) is 0. The summed E-state index contributed by atoms with van der Waals surface area (Å²) in [5.41, 5.74) is 6.34. The number of carbonyl (C=O) groups excluding carboxylic acids is 1. The molecule has 0 fully saturated rings. The van der Waals surface area contributed by atoms with Crippen LogP contribution >= 0.6 is 0 Å². The summed E-state index contributed by atoms with van der Waals surface area (Å²) in [7, 11) is 0. The second-order valence-electron chi connectivity index (χ2n) is 2.32. The van der Waals surface area contributed by atoms with E-state index in [9.17, 15) is 4.79 Å². The SMILES string of the molecule is Nc1ncn2ccnc2c1C=O. The molecule has 0 radical (unpaired) electrons. The van der Waals surface area contributed by atoms with Gasteiger partial charge in [-0.05, 0) is 0 Å². The number of anilines is 1. The quantitative estimate of drug-likeness (QED) is 0.604. The van der Waals surface area contributed by atoms with E-state index in [1.165, 1.54) is 6.33 Å². The van der Waals surface area contributed by atoms with Crippen LogP contribution in [-0.4, -0.2) is 20.7 Å². The number of aromatic nitrogens is 3. The molecule has 0 amide bonds. The first kappa shape index (κ1) is 6.78. The lowest BCUT2D eigenvalue weighted by molar-refractivity contribution is 0.112. The first-order valence-electron chi connectivity index (χ1n) is 3.35. The van der Waals surface area contributed by atoms with Crippen LogP contribution in [-0.2, 0) is 0 Å². The molecule has 0 aliphatic rings. The van der Waals surface area contributed by atoms with E-state index in [0.717, 1.165) is 0 Å². The Morgan fingerprint density at radius 1 is 1.50 bits per heavy atom. The first-order chi connectivity index (χ1) is 5.83. The van der Waals surface area contributed by atoms with Gasteiger partial charge in [-0.1, -0.05) is 0 Å². The Morgan fingerprint density at radius 2 is 2.33 bits per heavy atom. The van der Waals surface area contributed by atoms with Crippen LogP contribution in [0.25, 0.3) is 5.65 Å². The van der Waals surface area contributed by atoms with Gasteiger partial charge in [-0.3, -0.25) is 9.20 Å². The molecule has 2 aromatic heterocycles. The van der Waals surface area contributed by atoms with E-state index < -0.39 is 0 Å². The van der Waals surface area contributed by atoms with Gasteiger partial charge < -0.3 is 5.73 Å². The third kappa shape index (κ3) is 0.763. The van der Waals surface area contributed by atoms with Crippen molar-refractivity contribution in [3.8, 4) is 0 Å². The third-order valence-electron chi connectivity index (χ3n) is 1.62. The Hall–Kier alpha value is -1.91. The molecule has 2 N–H and O–H groups in total. The normalized spacial score (nSPS) is 10.3. The van der Waals surface area contributed by atoms with Crippen molar-refractivity contribution in [1.29, 1.82) is 0 Å². The molecule has 0 unspecified atom stereocenters. The van der Waals surface area contributed by atoms with Gasteiger partial charge in [0.25, 0.3) is 0 Å². The molecule has 2 heterocycles. The van der Waals surface area contributed by atoms with Crippen molar-refractivity contribution >= 4 is 17.8 Å². The van der Waals surface area contributed by atoms with Gasteiger partial charge >= 0.3 is 0 Å². The lowest BCUT2D eigenvalue weighted by atomic mass is 10.3. The minimum Gasteiger partial charge on any atom is -0.383 e. The number of nitrogen functional groups attached to an aromatic ring is 1. The number of nitrogens with two attached hydrogens (primary N) is 1.